The van der Waals surface area contributed by atoms with Crippen molar-refractivity contribution in [3.05, 3.63) is 29.8 Å². The highest BCUT2D eigenvalue weighted by Gasteiger charge is 2.17. The van der Waals surface area contributed by atoms with E-state index in [0.717, 1.165) is 15.2 Å². The van der Waals surface area contributed by atoms with Crippen LogP contribution in [0.1, 0.15) is 26.3 Å². The molecular formula is C16H22N4OS2. The van der Waals surface area contributed by atoms with E-state index in [2.05, 4.69) is 40.7 Å². The Hall–Kier alpha value is -1.60. The van der Waals surface area contributed by atoms with Gasteiger partial charge < -0.3 is 10.6 Å². The zero-order chi connectivity index (χ0) is 16.8. The van der Waals surface area contributed by atoms with Gasteiger partial charge in [0.15, 0.2) is 4.34 Å². The van der Waals surface area contributed by atoms with Crippen LogP contribution in [0.5, 0.6) is 0 Å². The van der Waals surface area contributed by atoms with Gasteiger partial charge >= 0.3 is 0 Å². The van der Waals surface area contributed by atoms with Gasteiger partial charge in [-0.05, 0) is 37.5 Å². The van der Waals surface area contributed by atoms with Gasteiger partial charge in [-0.3, -0.25) is 4.79 Å². The summed E-state index contributed by atoms with van der Waals surface area (Å²) in [5.41, 5.74) is 2.17. The molecule has 1 aromatic carbocycles. The minimum Gasteiger partial charge on any atom is -0.355 e. The smallest absolute Gasteiger partial charge is 0.233 e. The first-order chi connectivity index (χ1) is 10.9. The quantitative estimate of drug-likeness (QED) is 0.743. The Morgan fingerprint density at radius 1 is 1.30 bits per heavy atom. The Kier molecular flexibility index (Phi) is 6.41. The van der Waals surface area contributed by atoms with Gasteiger partial charge in [0.1, 0.15) is 0 Å². The van der Waals surface area contributed by atoms with E-state index in [-0.39, 0.29) is 11.2 Å². The molecule has 0 aliphatic heterocycles. The van der Waals surface area contributed by atoms with Crippen LogP contribution >= 0.6 is 23.1 Å². The number of aromatic nitrogens is 2. The molecule has 7 heteroatoms. The topological polar surface area (TPSA) is 66.9 Å². The summed E-state index contributed by atoms with van der Waals surface area (Å²) in [4.78, 5) is 12.0. The fraction of sp³-hybridized carbons (Fsp3) is 0.438. The molecule has 2 aromatic rings. The molecule has 5 nitrogen and oxygen atoms in total. The van der Waals surface area contributed by atoms with Crippen molar-refractivity contribution in [1.29, 1.82) is 0 Å². The first kappa shape index (κ1) is 17.7. The first-order valence-electron chi connectivity index (χ1n) is 7.55. The van der Waals surface area contributed by atoms with Crippen LogP contribution in [0.25, 0.3) is 0 Å². The Balaban J connectivity index is 1.90. The Labute approximate surface area is 145 Å². The first-order valence-corrected chi connectivity index (χ1v) is 9.25. The highest BCUT2D eigenvalue weighted by Crippen LogP contribution is 2.30. The van der Waals surface area contributed by atoms with Gasteiger partial charge in [0.25, 0.3) is 0 Å². The molecule has 1 heterocycles. The van der Waals surface area contributed by atoms with Crippen LogP contribution < -0.4 is 10.6 Å². The Bertz CT molecular complexity index is 657. The van der Waals surface area contributed by atoms with Crippen molar-refractivity contribution in [1.82, 2.24) is 15.5 Å². The lowest BCUT2D eigenvalue weighted by Crippen LogP contribution is -2.33. The van der Waals surface area contributed by atoms with E-state index in [4.69, 9.17) is 0 Å². The molecule has 23 heavy (non-hydrogen) atoms. The normalized spacial score (nSPS) is 12.2. The Morgan fingerprint density at radius 3 is 2.78 bits per heavy atom. The number of hydrogen-bond donors (Lipinski definition) is 2. The van der Waals surface area contributed by atoms with Crippen molar-refractivity contribution in [3.63, 3.8) is 0 Å². The van der Waals surface area contributed by atoms with Gasteiger partial charge in [0.05, 0.1) is 5.25 Å². The molecule has 0 bridgehead atoms. The number of nitrogens with zero attached hydrogens (tertiary/aromatic N) is 2. The van der Waals surface area contributed by atoms with Crippen molar-refractivity contribution >= 4 is 39.8 Å². The lowest BCUT2D eigenvalue weighted by Gasteiger charge is -2.11. The number of aryl methyl sites for hydroxylation is 1. The van der Waals surface area contributed by atoms with Gasteiger partial charge in [0, 0.05) is 12.2 Å². The third-order valence-electron chi connectivity index (χ3n) is 3.01. The van der Waals surface area contributed by atoms with Crippen molar-refractivity contribution in [3.8, 4) is 0 Å². The lowest BCUT2D eigenvalue weighted by atomic mass is 10.2. The van der Waals surface area contributed by atoms with E-state index < -0.39 is 0 Å². The number of thioether (sulfide) groups is 1. The third kappa shape index (κ3) is 5.84. The minimum absolute atomic E-state index is 0.0343. The molecule has 0 fully saturated rings. The molecule has 1 amide bonds. The largest absolute Gasteiger partial charge is 0.355 e. The maximum Gasteiger partial charge on any atom is 0.233 e. The van der Waals surface area contributed by atoms with Gasteiger partial charge in [-0.1, -0.05) is 49.1 Å². The van der Waals surface area contributed by atoms with Gasteiger partial charge in [-0.15, -0.1) is 10.2 Å². The maximum atomic E-state index is 12.0. The second-order valence-corrected chi connectivity index (χ2v) is 8.33. The van der Waals surface area contributed by atoms with Crippen LogP contribution in [0.2, 0.25) is 0 Å². The van der Waals surface area contributed by atoms with E-state index >= 15 is 0 Å². The molecule has 0 saturated heterocycles. The summed E-state index contributed by atoms with van der Waals surface area (Å²) in [6.45, 7) is 8.78. The lowest BCUT2D eigenvalue weighted by molar-refractivity contribution is -0.120. The van der Waals surface area contributed by atoms with E-state index in [1.165, 1.54) is 28.7 Å². The molecule has 0 aliphatic carbocycles. The summed E-state index contributed by atoms with van der Waals surface area (Å²) in [5.74, 6) is 0.481. The minimum atomic E-state index is -0.187. The molecule has 2 N–H and O–H groups in total. The highest BCUT2D eigenvalue weighted by molar-refractivity contribution is 8.02. The SMILES string of the molecule is Cc1cccc(Nc2nnc(SC(C)C(=O)NCC(C)C)s2)c1. The summed E-state index contributed by atoms with van der Waals surface area (Å²) in [6, 6.07) is 8.08. The van der Waals surface area contributed by atoms with Crippen molar-refractivity contribution in [2.24, 2.45) is 5.92 Å². The standard InChI is InChI=1S/C16H22N4OS2/c1-10(2)9-17-14(21)12(4)22-16-20-19-15(23-16)18-13-7-5-6-11(3)8-13/h5-8,10,12H,9H2,1-4H3,(H,17,21)(H,18,19). The van der Waals surface area contributed by atoms with E-state index in [1.807, 2.05) is 32.0 Å². The number of hydrogen-bond acceptors (Lipinski definition) is 6. The van der Waals surface area contributed by atoms with E-state index in [0.29, 0.717) is 12.5 Å². The number of amides is 1. The fourth-order valence-corrected chi connectivity index (χ4v) is 3.75. The molecule has 1 unspecified atom stereocenters. The molecule has 0 aliphatic rings. The van der Waals surface area contributed by atoms with E-state index in [1.54, 1.807) is 0 Å². The molecule has 1 aromatic heterocycles. The third-order valence-corrected chi connectivity index (χ3v) is 5.03. The van der Waals surface area contributed by atoms with Crippen LogP contribution in [0.4, 0.5) is 10.8 Å². The number of carbonyl (C=O) groups is 1. The van der Waals surface area contributed by atoms with Gasteiger partial charge in [-0.25, -0.2) is 0 Å². The predicted molar refractivity (Wildman–Crippen MR) is 97.5 cm³/mol. The fourth-order valence-electron chi connectivity index (χ4n) is 1.81. The average molecular weight is 351 g/mol. The molecule has 124 valence electrons. The number of anilines is 2. The molecular weight excluding hydrogens is 328 g/mol. The molecule has 1 atom stereocenters. The number of carbonyl (C=O) groups excluding carboxylic acids is 1. The van der Waals surface area contributed by atoms with Crippen LogP contribution in [0, 0.1) is 12.8 Å². The summed E-state index contributed by atoms with van der Waals surface area (Å²) in [5, 5.41) is 15.0. The van der Waals surface area contributed by atoms with Gasteiger partial charge in [0.2, 0.25) is 11.0 Å². The maximum absolute atomic E-state index is 12.0. The molecule has 0 radical (unpaired) electrons. The summed E-state index contributed by atoms with van der Waals surface area (Å²) in [6.07, 6.45) is 0. The number of rotatable bonds is 7. The zero-order valence-electron chi connectivity index (χ0n) is 13.8. The molecule has 0 spiro atoms. The monoisotopic (exact) mass is 350 g/mol. The Morgan fingerprint density at radius 2 is 2.09 bits per heavy atom. The number of benzene rings is 1. The second-order valence-electron chi connectivity index (χ2n) is 5.77. The van der Waals surface area contributed by atoms with E-state index in [9.17, 15) is 4.79 Å². The zero-order valence-corrected chi connectivity index (χ0v) is 15.4. The van der Waals surface area contributed by atoms with Crippen LogP contribution in [-0.2, 0) is 4.79 Å². The summed E-state index contributed by atoms with van der Waals surface area (Å²) in [7, 11) is 0. The molecule has 2 rings (SSSR count). The van der Waals surface area contributed by atoms with Crippen molar-refractivity contribution < 1.29 is 4.79 Å². The number of nitrogens with one attached hydrogen (secondary N) is 2. The van der Waals surface area contributed by atoms with Crippen molar-refractivity contribution in [2.45, 2.75) is 37.3 Å². The average Bonchev–Trinajstić information content (AvgIpc) is 2.91. The van der Waals surface area contributed by atoms with Crippen LogP contribution in [0.3, 0.4) is 0 Å². The van der Waals surface area contributed by atoms with Gasteiger partial charge in [-0.2, -0.15) is 0 Å². The molecule has 0 saturated carbocycles. The summed E-state index contributed by atoms with van der Waals surface area (Å²) < 4.78 is 0.785. The van der Waals surface area contributed by atoms with Crippen LogP contribution in [0.15, 0.2) is 28.6 Å². The van der Waals surface area contributed by atoms with Crippen LogP contribution in [-0.4, -0.2) is 27.9 Å². The predicted octanol–water partition coefficient (Wildman–Crippen LogP) is 3.84. The summed E-state index contributed by atoms with van der Waals surface area (Å²) >= 11 is 2.88. The highest BCUT2D eigenvalue weighted by atomic mass is 32.2. The second kappa shape index (κ2) is 8.31. The van der Waals surface area contributed by atoms with Crippen molar-refractivity contribution in [2.75, 3.05) is 11.9 Å².